The molecular formula is C11H20N4O2S2. The van der Waals surface area contributed by atoms with E-state index in [2.05, 4.69) is 10.3 Å². The maximum atomic E-state index is 12.3. The number of hydrogen-bond acceptors (Lipinski definition) is 4. The highest BCUT2D eigenvalue weighted by molar-refractivity contribution is 7.91. The molecule has 0 saturated heterocycles. The van der Waals surface area contributed by atoms with E-state index in [0.717, 1.165) is 4.88 Å². The quantitative estimate of drug-likeness (QED) is 0.601. The first-order valence-corrected chi connectivity index (χ1v) is 8.26. The topological polar surface area (TPSA) is 87.8 Å². The Morgan fingerprint density at radius 1 is 1.42 bits per heavy atom. The molecule has 1 aromatic heterocycles. The molecule has 0 amide bonds. The maximum Gasteiger partial charge on any atom is 0.252 e. The lowest BCUT2D eigenvalue weighted by Crippen LogP contribution is -2.30. The molecule has 108 valence electrons. The van der Waals surface area contributed by atoms with Crippen molar-refractivity contribution in [1.29, 1.82) is 0 Å². The summed E-state index contributed by atoms with van der Waals surface area (Å²) in [6.07, 6.45) is 0. The van der Waals surface area contributed by atoms with Crippen molar-refractivity contribution in [3.8, 4) is 0 Å². The highest BCUT2D eigenvalue weighted by Crippen LogP contribution is 2.24. The van der Waals surface area contributed by atoms with Gasteiger partial charge in [-0.2, -0.15) is 4.31 Å². The van der Waals surface area contributed by atoms with Gasteiger partial charge in [0.25, 0.3) is 10.0 Å². The van der Waals surface area contributed by atoms with Gasteiger partial charge in [0.15, 0.2) is 5.96 Å². The zero-order valence-corrected chi connectivity index (χ0v) is 13.0. The van der Waals surface area contributed by atoms with Crippen LogP contribution in [0, 0.1) is 0 Å². The molecule has 6 nitrogen and oxygen atoms in total. The predicted molar refractivity (Wildman–Crippen MR) is 78.8 cm³/mol. The largest absolute Gasteiger partial charge is 0.370 e. The Hall–Kier alpha value is -1.12. The second kappa shape index (κ2) is 6.88. The van der Waals surface area contributed by atoms with Crippen LogP contribution in [-0.2, 0) is 16.6 Å². The Morgan fingerprint density at radius 2 is 2.05 bits per heavy atom. The highest BCUT2D eigenvalue weighted by atomic mass is 32.2. The van der Waals surface area contributed by atoms with E-state index in [1.54, 1.807) is 19.2 Å². The van der Waals surface area contributed by atoms with Gasteiger partial charge in [-0.15, -0.1) is 11.3 Å². The summed E-state index contributed by atoms with van der Waals surface area (Å²) in [6, 6.07) is 3.42. The van der Waals surface area contributed by atoms with E-state index in [9.17, 15) is 8.42 Å². The van der Waals surface area contributed by atoms with Crippen LogP contribution in [0.3, 0.4) is 0 Å². The molecule has 1 aromatic rings. The first-order chi connectivity index (χ1) is 8.95. The lowest BCUT2D eigenvalue weighted by atomic mass is 10.5. The summed E-state index contributed by atoms with van der Waals surface area (Å²) in [5, 5.41) is 2.90. The molecule has 1 heterocycles. The van der Waals surface area contributed by atoms with Crippen LogP contribution in [0.15, 0.2) is 21.3 Å². The fourth-order valence-corrected chi connectivity index (χ4v) is 4.45. The lowest BCUT2D eigenvalue weighted by molar-refractivity contribution is 0.447. The number of nitrogens with zero attached hydrogens (tertiary/aromatic N) is 2. The molecule has 0 atom stereocenters. The molecule has 0 bridgehead atoms. The van der Waals surface area contributed by atoms with Crippen LogP contribution < -0.4 is 11.1 Å². The van der Waals surface area contributed by atoms with Crippen LogP contribution >= 0.6 is 11.3 Å². The van der Waals surface area contributed by atoms with Crippen molar-refractivity contribution < 1.29 is 8.42 Å². The normalized spacial score (nSPS) is 12.9. The summed E-state index contributed by atoms with van der Waals surface area (Å²) in [7, 11) is -1.77. The molecule has 19 heavy (non-hydrogen) atoms. The van der Waals surface area contributed by atoms with E-state index in [0.29, 0.717) is 29.8 Å². The molecular weight excluding hydrogens is 284 g/mol. The van der Waals surface area contributed by atoms with Gasteiger partial charge in [-0.05, 0) is 12.1 Å². The highest BCUT2D eigenvalue weighted by Gasteiger charge is 2.23. The van der Waals surface area contributed by atoms with Crippen LogP contribution in [0.25, 0.3) is 0 Å². The molecule has 0 fully saturated rings. The Kier molecular flexibility index (Phi) is 5.77. The number of rotatable bonds is 6. The standard InChI is InChI=1S/C11H20N4O2S2/c1-4-15(5-2)19(16,17)10-7-6-9(18-10)8-14-11(12)13-3/h6-7H,4-5,8H2,1-3H3,(H3,12,13,14). The number of guanidine groups is 1. The zero-order chi connectivity index (χ0) is 14.5. The molecule has 0 aliphatic carbocycles. The number of thiophene rings is 1. The number of hydrogen-bond donors (Lipinski definition) is 2. The summed E-state index contributed by atoms with van der Waals surface area (Å²) in [4.78, 5) is 4.68. The van der Waals surface area contributed by atoms with E-state index in [1.165, 1.54) is 15.6 Å². The third-order valence-electron chi connectivity index (χ3n) is 2.62. The third-order valence-corrected chi connectivity index (χ3v) is 6.22. The zero-order valence-electron chi connectivity index (χ0n) is 11.4. The van der Waals surface area contributed by atoms with E-state index in [1.807, 2.05) is 13.8 Å². The Labute approximate surface area is 118 Å². The van der Waals surface area contributed by atoms with Gasteiger partial charge in [-0.25, -0.2) is 8.42 Å². The van der Waals surface area contributed by atoms with Crippen molar-refractivity contribution in [2.24, 2.45) is 10.7 Å². The number of aliphatic imine (C=N–C) groups is 1. The van der Waals surface area contributed by atoms with Gasteiger partial charge < -0.3 is 11.1 Å². The van der Waals surface area contributed by atoms with Crippen LogP contribution in [0.4, 0.5) is 0 Å². The summed E-state index contributed by atoms with van der Waals surface area (Å²) < 4.78 is 26.3. The lowest BCUT2D eigenvalue weighted by Gasteiger charge is -2.16. The summed E-state index contributed by atoms with van der Waals surface area (Å²) in [5.41, 5.74) is 5.52. The van der Waals surface area contributed by atoms with E-state index < -0.39 is 10.0 Å². The Balaban J connectivity index is 2.84. The second-order valence-electron chi connectivity index (χ2n) is 3.77. The smallest absolute Gasteiger partial charge is 0.252 e. The van der Waals surface area contributed by atoms with Crippen molar-refractivity contribution in [1.82, 2.24) is 9.62 Å². The SMILES string of the molecule is CCN(CC)S(=O)(=O)c1ccc(CNC(N)=NC)s1. The first kappa shape index (κ1) is 15.9. The van der Waals surface area contributed by atoms with Gasteiger partial charge in [0.1, 0.15) is 4.21 Å². The molecule has 0 spiro atoms. The molecule has 0 aliphatic heterocycles. The third kappa shape index (κ3) is 3.92. The van der Waals surface area contributed by atoms with Gasteiger partial charge in [-0.3, -0.25) is 4.99 Å². The van der Waals surface area contributed by atoms with Gasteiger partial charge in [0, 0.05) is 25.0 Å². The van der Waals surface area contributed by atoms with Gasteiger partial charge >= 0.3 is 0 Å². The minimum absolute atomic E-state index is 0.335. The fourth-order valence-electron chi connectivity index (χ4n) is 1.54. The van der Waals surface area contributed by atoms with E-state index in [4.69, 9.17) is 5.73 Å². The first-order valence-electron chi connectivity index (χ1n) is 6.00. The van der Waals surface area contributed by atoms with Crippen molar-refractivity contribution in [2.75, 3.05) is 20.1 Å². The average Bonchev–Trinajstić information content (AvgIpc) is 2.86. The van der Waals surface area contributed by atoms with Crippen LogP contribution in [0.5, 0.6) is 0 Å². The van der Waals surface area contributed by atoms with Crippen molar-refractivity contribution >= 4 is 27.3 Å². The minimum atomic E-state index is -3.36. The van der Waals surface area contributed by atoms with Gasteiger partial charge in [0.2, 0.25) is 0 Å². The van der Waals surface area contributed by atoms with Crippen molar-refractivity contribution in [2.45, 2.75) is 24.6 Å². The van der Waals surface area contributed by atoms with Gasteiger partial charge in [0.05, 0.1) is 6.54 Å². The minimum Gasteiger partial charge on any atom is -0.370 e. The van der Waals surface area contributed by atoms with E-state index >= 15 is 0 Å². The average molecular weight is 304 g/mol. The molecule has 0 aromatic carbocycles. The summed E-state index contributed by atoms with van der Waals surface area (Å²) in [5.74, 6) is 0.335. The Bertz CT molecular complexity index is 533. The fraction of sp³-hybridized carbons (Fsp3) is 0.545. The monoisotopic (exact) mass is 304 g/mol. The van der Waals surface area contributed by atoms with Gasteiger partial charge in [-0.1, -0.05) is 13.8 Å². The molecule has 1 rings (SSSR count). The molecule has 0 aliphatic rings. The van der Waals surface area contributed by atoms with Crippen molar-refractivity contribution in [3.05, 3.63) is 17.0 Å². The molecule has 0 radical (unpaired) electrons. The molecule has 8 heteroatoms. The number of nitrogens with two attached hydrogens (primary N) is 1. The molecule has 0 unspecified atom stereocenters. The number of nitrogens with one attached hydrogen (secondary N) is 1. The van der Waals surface area contributed by atoms with Crippen molar-refractivity contribution in [3.63, 3.8) is 0 Å². The van der Waals surface area contributed by atoms with Crippen LogP contribution in [0.1, 0.15) is 18.7 Å². The van der Waals surface area contributed by atoms with Crippen LogP contribution in [0.2, 0.25) is 0 Å². The molecule has 0 saturated carbocycles. The predicted octanol–water partition coefficient (Wildman–Crippen LogP) is 0.813. The second-order valence-corrected chi connectivity index (χ2v) is 7.11. The Morgan fingerprint density at radius 3 is 2.58 bits per heavy atom. The molecule has 3 N–H and O–H groups in total. The number of sulfonamides is 1. The maximum absolute atomic E-state index is 12.3. The van der Waals surface area contributed by atoms with Crippen LogP contribution in [-0.4, -0.2) is 38.8 Å². The van der Waals surface area contributed by atoms with E-state index in [-0.39, 0.29) is 0 Å². The summed E-state index contributed by atoms with van der Waals surface area (Å²) in [6.45, 7) is 5.08. The summed E-state index contributed by atoms with van der Waals surface area (Å²) >= 11 is 1.25.